The third kappa shape index (κ3) is 2.56. The maximum atomic E-state index is 6.31. The normalized spacial score (nSPS) is 24.4. The second-order valence-electron chi connectivity index (χ2n) is 6.32. The molecule has 3 heteroatoms. The molecule has 3 rings (SSSR count). The third-order valence-electron chi connectivity index (χ3n) is 5.34. The van der Waals surface area contributed by atoms with Gasteiger partial charge in [-0.1, -0.05) is 36.9 Å². The first-order valence-electron chi connectivity index (χ1n) is 7.80. The number of halogens is 1. The minimum atomic E-state index is 0.590. The van der Waals surface area contributed by atoms with Crippen LogP contribution in [0.3, 0.4) is 0 Å². The predicted octanol–water partition coefficient (Wildman–Crippen LogP) is 4.55. The highest BCUT2D eigenvalue weighted by Gasteiger charge is 2.46. The Kier molecular flexibility index (Phi) is 4.23. The molecule has 1 N–H and O–H groups in total. The van der Waals surface area contributed by atoms with Crippen LogP contribution in [0.2, 0.25) is 5.02 Å². The fourth-order valence-corrected chi connectivity index (χ4v) is 4.23. The molecule has 0 radical (unpaired) electrons. The zero-order chi connectivity index (χ0) is 14.0. The highest BCUT2D eigenvalue weighted by Crippen LogP contribution is 2.51. The van der Waals surface area contributed by atoms with E-state index in [4.69, 9.17) is 16.3 Å². The van der Waals surface area contributed by atoms with Crippen LogP contribution >= 0.6 is 11.6 Å². The van der Waals surface area contributed by atoms with E-state index in [0.29, 0.717) is 11.5 Å². The summed E-state index contributed by atoms with van der Waals surface area (Å²) in [6.07, 6.45) is 9.78. The summed E-state index contributed by atoms with van der Waals surface area (Å²) in [7, 11) is 1.71. The molecule has 0 aromatic heterocycles. The van der Waals surface area contributed by atoms with Gasteiger partial charge in [-0.2, -0.15) is 0 Å². The molecular formula is C17H24ClNO. The zero-order valence-corrected chi connectivity index (χ0v) is 13.0. The standard InChI is InChI=1S/C17H24ClNO/c1-20-15-7-5-6-14(18)13(15)12-19-16-8-11-17(16)9-3-2-4-10-17/h5-7,16,19H,2-4,8-12H2,1H3. The van der Waals surface area contributed by atoms with Crippen molar-refractivity contribution in [1.29, 1.82) is 0 Å². The Balaban J connectivity index is 1.65. The van der Waals surface area contributed by atoms with Crippen molar-refractivity contribution < 1.29 is 4.74 Å². The van der Waals surface area contributed by atoms with Crippen LogP contribution in [0.25, 0.3) is 0 Å². The van der Waals surface area contributed by atoms with Gasteiger partial charge in [-0.3, -0.25) is 0 Å². The first kappa shape index (κ1) is 14.2. The zero-order valence-electron chi connectivity index (χ0n) is 12.3. The highest BCUT2D eigenvalue weighted by molar-refractivity contribution is 6.31. The highest BCUT2D eigenvalue weighted by atomic mass is 35.5. The molecule has 0 saturated heterocycles. The van der Waals surface area contributed by atoms with E-state index in [2.05, 4.69) is 5.32 Å². The van der Waals surface area contributed by atoms with E-state index in [1.807, 2.05) is 18.2 Å². The molecule has 1 spiro atoms. The van der Waals surface area contributed by atoms with Gasteiger partial charge in [0.15, 0.2) is 0 Å². The van der Waals surface area contributed by atoms with Gasteiger partial charge in [-0.15, -0.1) is 0 Å². The SMILES string of the molecule is COc1cccc(Cl)c1CNC1CCC12CCCCC2. The van der Waals surface area contributed by atoms with Crippen LogP contribution in [-0.4, -0.2) is 13.2 Å². The van der Waals surface area contributed by atoms with Gasteiger partial charge in [-0.05, 0) is 43.2 Å². The Morgan fingerprint density at radius 2 is 2.05 bits per heavy atom. The summed E-state index contributed by atoms with van der Waals surface area (Å²) in [4.78, 5) is 0. The lowest BCUT2D eigenvalue weighted by atomic mass is 9.57. The Bertz CT molecular complexity index is 468. The van der Waals surface area contributed by atoms with Gasteiger partial charge < -0.3 is 10.1 Å². The molecular weight excluding hydrogens is 270 g/mol. The Morgan fingerprint density at radius 3 is 2.70 bits per heavy atom. The molecule has 2 nitrogen and oxygen atoms in total. The Labute approximate surface area is 126 Å². The van der Waals surface area contributed by atoms with Gasteiger partial charge in [-0.25, -0.2) is 0 Å². The number of benzene rings is 1. The minimum absolute atomic E-state index is 0.590. The van der Waals surface area contributed by atoms with Crippen molar-refractivity contribution in [2.24, 2.45) is 5.41 Å². The molecule has 1 aromatic carbocycles. The third-order valence-corrected chi connectivity index (χ3v) is 5.69. The van der Waals surface area contributed by atoms with Gasteiger partial charge in [0, 0.05) is 23.2 Å². The topological polar surface area (TPSA) is 21.3 Å². The van der Waals surface area contributed by atoms with Crippen molar-refractivity contribution in [2.45, 2.75) is 57.5 Å². The lowest BCUT2D eigenvalue weighted by Crippen LogP contribution is -2.54. The number of rotatable bonds is 4. The molecule has 1 aromatic rings. The molecule has 2 aliphatic rings. The Morgan fingerprint density at radius 1 is 1.25 bits per heavy atom. The van der Waals surface area contributed by atoms with Crippen molar-refractivity contribution in [3.63, 3.8) is 0 Å². The van der Waals surface area contributed by atoms with E-state index in [0.717, 1.165) is 22.9 Å². The monoisotopic (exact) mass is 293 g/mol. The summed E-state index contributed by atoms with van der Waals surface area (Å²) in [5.74, 6) is 0.891. The van der Waals surface area contributed by atoms with Crippen LogP contribution in [0.5, 0.6) is 5.75 Å². The molecule has 2 aliphatic carbocycles. The second kappa shape index (κ2) is 5.95. The van der Waals surface area contributed by atoms with Gasteiger partial charge in [0.1, 0.15) is 5.75 Å². The quantitative estimate of drug-likeness (QED) is 0.879. The number of ether oxygens (including phenoxy) is 1. The van der Waals surface area contributed by atoms with Crippen LogP contribution in [0.1, 0.15) is 50.5 Å². The Hall–Kier alpha value is -0.730. The van der Waals surface area contributed by atoms with Crippen molar-refractivity contribution in [2.75, 3.05) is 7.11 Å². The largest absolute Gasteiger partial charge is 0.496 e. The molecule has 0 amide bonds. The van der Waals surface area contributed by atoms with Crippen LogP contribution in [0, 0.1) is 5.41 Å². The lowest BCUT2D eigenvalue weighted by Gasteiger charge is -2.52. The van der Waals surface area contributed by atoms with Gasteiger partial charge in [0.2, 0.25) is 0 Å². The first-order valence-corrected chi connectivity index (χ1v) is 8.18. The maximum absolute atomic E-state index is 6.31. The number of hydrogen-bond acceptors (Lipinski definition) is 2. The average molecular weight is 294 g/mol. The lowest BCUT2D eigenvalue weighted by molar-refractivity contribution is 0.0221. The molecule has 1 atom stereocenters. The van der Waals surface area contributed by atoms with E-state index >= 15 is 0 Å². The van der Waals surface area contributed by atoms with Gasteiger partial charge >= 0.3 is 0 Å². The molecule has 20 heavy (non-hydrogen) atoms. The fraction of sp³-hybridized carbons (Fsp3) is 0.647. The number of methoxy groups -OCH3 is 1. The molecule has 2 saturated carbocycles. The molecule has 0 bridgehead atoms. The summed E-state index contributed by atoms with van der Waals surface area (Å²) >= 11 is 6.31. The summed E-state index contributed by atoms with van der Waals surface area (Å²) in [5.41, 5.74) is 1.68. The van der Waals surface area contributed by atoms with E-state index in [-0.39, 0.29) is 0 Å². The number of hydrogen-bond donors (Lipinski definition) is 1. The van der Waals surface area contributed by atoms with Gasteiger partial charge in [0.25, 0.3) is 0 Å². The average Bonchev–Trinajstić information content (AvgIpc) is 2.48. The molecule has 2 fully saturated rings. The predicted molar refractivity (Wildman–Crippen MR) is 83.4 cm³/mol. The summed E-state index contributed by atoms with van der Waals surface area (Å²) in [6, 6.07) is 6.54. The summed E-state index contributed by atoms with van der Waals surface area (Å²) in [6.45, 7) is 0.815. The van der Waals surface area contributed by atoms with E-state index in [1.165, 1.54) is 44.9 Å². The van der Waals surface area contributed by atoms with E-state index < -0.39 is 0 Å². The number of nitrogens with one attached hydrogen (secondary N) is 1. The van der Waals surface area contributed by atoms with Crippen molar-refractivity contribution in [3.05, 3.63) is 28.8 Å². The smallest absolute Gasteiger partial charge is 0.124 e. The van der Waals surface area contributed by atoms with Crippen molar-refractivity contribution in [3.8, 4) is 5.75 Å². The van der Waals surface area contributed by atoms with Gasteiger partial charge in [0.05, 0.1) is 7.11 Å². The van der Waals surface area contributed by atoms with Crippen LogP contribution in [0.4, 0.5) is 0 Å². The molecule has 110 valence electrons. The summed E-state index contributed by atoms with van der Waals surface area (Å²) < 4.78 is 5.42. The van der Waals surface area contributed by atoms with Crippen LogP contribution in [-0.2, 0) is 6.54 Å². The molecule has 0 aliphatic heterocycles. The molecule has 0 heterocycles. The second-order valence-corrected chi connectivity index (χ2v) is 6.72. The summed E-state index contributed by atoms with van der Waals surface area (Å²) in [5, 5.41) is 4.55. The fourth-order valence-electron chi connectivity index (χ4n) is 4.00. The first-order chi connectivity index (χ1) is 9.75. The van der Waals surface area contributed by atoms with Crippen LogP contribution in [0.15, 0.2) is 18.2 Å². The van der Waals surface area contributed by atoms with Crippen molar-refractivity contribution >= 4 is 11.6 Å². The minimum Gasteiger partial charge on any atom is -0.496 e. The van der Waals surface area contributed by atoms with E-state index in [1.54, 1.807) is 7.11 Å². The van der Waals surface area contributed by atoms with E-state index in [9.17, 15) is 0 Å². The van der Waals surface area contributed by atoms with Crippen LogP contribution < -0.4 is 10.1 Å². The molecule has 1 unspecified atom stereocenters. The maximum Gasteiger partial charge on any atom is 0.124 e. The van der Waals surface area contributed by atoms with Crippen molar-refractivity contribution in [1.82, 2.24) is 5.32 Å².